The number of nitrogens with zero attached hydrogens (tertiary/aromatic N) is 3. The lowest BCUT2D eigenvalue weighted by atomic mass is 10.0. The number of hydrogen-bond donors (Lipinski definition) is 2. The van der Waals surface area contributed by atoms with E-state index in [4.69, 9.17) is 10.5 Å². The quantitative estimate of drug-likeness (QED) is 0.608. The number of pyridine rings is 1. The van der Waals surface area contributed by atoms with E-state index in [2.05, 4.69) is 14.9 Å². The van der Waals surface area contributed by atoms with Crippen molar-refractivity contribution >= 4 is 22.8 Å². The Morgan fingerprint density at radius 2 is 2.03 bits per heavy atom. The molecule has 1 fully saturated rings. The number of amides is 2. The van der Waals surface area contributed by atoms with Gasteiger partial charge in [0.25, 0.3) is 0 Å². The Morgan fingerprint density at radius 3 is 2.71 bits per heavy atom. The van der Waals surface area contributed by atoms with Gasteiger partial charge in [0.1, 0.15) is 17.1 Å². The lowest BCUT2D eigenvalue weighted by molar-refractivity contribution is -0.134. The zero-order valence-corrected chi connectivity index (χ0v) is 17.7. The third-order valence-corrected chi connectivity index (χ3v) is 5.79. The topological polar surface area (TPSA) is 105 Å². The van der Waals surface area contributed by atoms with Crippen LogP contribution in [-0.2, 0) is 16.0 Å². The number of ether oxygens (including phenoxy) is 1. The van der Waals surface area contributed by atoms with Crippen LogP contribution in [0.15, 0.2) is 48.8 Å². The first-order chi connectivity index (χ1) is 14.9. The van der Waals surface area contributed by atoms with Gasteiger partial charge >= 0.3 is 0 Å². The van der Waals surface area contributed by atoms with Crippen molar-refractivity contribution in [2.24, 2.45) is 11.7 Å². The van der Waals surface area contributed by atoms with E-state index in [0.717, 1.165) is 22.3 Å². The van der Waals surface area contributed by atoms with Crippen molar-refractivity contribution in [1.82, 2.24) is 19.8 Å². The molecule has 3 N–H and O–H groups in total. The van der Waals surface area contributed by atoms with E-state index in [-0.39, 0.29) is 23.8 Å². The van der Waals surface area contributed by atoms with E-state index in [0.29, 0.717) is 31.7 Å². The highest BCUT2D eigenvalue weighted by Gasteiger charge is 2.35. The molecule has 2 unspecified atom stereocenters. The van der Waals surface area contributed by atoms with E-state index in [1.54, 1.807) is 25.2 Å². The van der Waals surface area contributed by atoms with Crippen molar-refractivity contribution < 1.29 is 14.3 Å². The van der Waals surface area contributed by atoms with Crippen LogP contribution in [0.25, 0.3) is 11.0 Å². The van der Waals surface area contributed by atoms with Crippen molar-refractivity contribution in [1.29, 1.82) is 0 Å². The Hall–Kier alpha value is -3.39. The predicted molar refractivity (Wildman–Crippen MR) is 118 cm³/mol. The van der Waals surface area contributed by atoms with Crippen molar-refractivity contribution in [2.75, 3.05) is 27.2 Å². The van der Waals surface area contributed by atoms with Gasteiger partial charge in [0.15, 0.2) is 0 Å². The average molecular weight is 422 g/mol. The van der Waals surface area contributed by atoms with Gasteiger partial charge < -0.3 is 20.4 Å². The summed E-state index contributed by atoms with van der Waals surface area (Å²) in [4.78, 5) is 35.4. The molecule has 3 heterocycles. The maximum Gasteiger partial charge on any atom is 0.239 e. The number of fused-ring (bicyclic) bond motifs is 1. The molecule has 0 saturated carbocycles. The summed E-state index contributed by atoms with van der Waals surface area (Å²) in [6.07, 6.45) is 4.78. The molecule has 0 bridgehead atoms. The maximum atomic E-state index is 12.9. The summed E-state index contributed by atoms with van der Waals surface area (Å²) in [6, 6.07) is 11.2. The zero-order valence-electron chi connectivity index (χ0n) is 17.7. The van der Waals surface area contributed by atoms with Gasteiger partial charge in [0, 0.05) is 33.0 Å². The van der Waals surface area contributed by atoms with Crippen LogP contribution in [-0.4, -0.2) is 64.8 Å². The molecule has 1 saturated heterocycles. The van der Waals surface area contributed by atoms with E-state index >= 15 is 0 Å². The van der Waals surface area contributed by atoms with E-state index < -0.39 is 0 Å². The Bertz CT molecular complexity index is 1080. The van der Waals surface area contributed by atoms with E-state index in [1.807, 2.05) is 42.6 Å². The number of primary amides is 1. The second kappa shape index (κ2) is 8.77. The monoisotopic (exact) mass is 421 g/mol. The molecule has 1 aliphatic rings. The Morgan fingerprint density at radius 1 is 1.26 bits per heavy atom. The summed E-state index contributed by atoms with van der Waals surface area (Å²) in [6.45, 7) is 1.21. The number of carbonyl (C=O) groups excluding carboxylic acids is 2. The van der Waals surface area contributed by atoms with Crippen LogP contribution in [0.3, 0.4) is 0 Å². The fourth-order valence-electron chi connectivity index (χ4n) is 4.04. The van der Waals surface area contributed by atoms with Crippen LogP contribution < -0.4 is 10.5 Å². The largest absolute Gasteiger partial charge is 0.457 e. The summed E-state index contributed by atoms with van der Waals surface area (Å²) < 4.78 is 6.04. The number of hydrogen-bond acceptors (Lipinski definition) is 5. The number of aromatic nitrogens is 2. The van der Waals surface area contributed by atoms with E-state index in [1.165, 1.54) is 0 Å². The Labute approximate surface area is 181 Å². The van der Waals surface area contributed by atoms with Gasteiger partial charge in [-0.1, -0.05) is 12.1 Å². The highest BCUT2D eigenvalue weighted by Crippen LogP contribution is 2.29. The number of aromatic amines is 1. The van der Waals surface area contributed by atoms with Crippen LogP contribution in [0, 0.1) is 5.92 Å². The summed E-state index contributed by atoms with van der Waals surface area (Å²) in [5.41, 5.74) is 7.28. The normalized spacial score (nSPS) is 17.5. The summed E-state index contributed by atoms with van der Waals surface area (Å²) >= 11 is 0. The standard InChI is InChI=1S/C23H27N5O3/c1-27(2)23(30)19(28-12-9-16(14-28)21(24)29)13-15-3-5-17(6-4-15)31-20-8-11-26-22-18(20)7-10-25-22/h3-8,10-11,16,19H,9,12-14H2,1-2H3,(H2,24,29)(H,25,26). The highest BCUT2D eigenvalue weighted by molar-refractivity contribution is 5.83. The molecule has 4 rings (SSSR count). The van der Waals surface area contributed by atoms with Gasteiger partial charge in [0.05, 0.1) is 17.3 Å². The maximum absolute atomic E-state index is 12.9. The first kappa shape index (κ1) is 20.9. The van der Waals surface area contributed by atoms with Crippen LogP contribution in [0.1, 0.15) is 12.0 Å². The summed E-state index contributed by atoms with van der Waals surface area (Å²) in [7, 11) is 3.51. The fourth-order valence-corrected chi connectivity index (χ4v) is 4.04. The first-order valence-corrected chi connectivity index (χ1v) is 10.4. The van der Waals surface area contributed by atoms with Crippen molar-refractivity contribution in [2.45, 2.75) is 18.9 Å². The van der Waals surface area contributed by atoms with Crippen LogP contribution in [0.5, 0.6) is 11.5 Å². The first-order valence-electron chi connectivity index (χ1n) is 10.4. The smallest absolute Gasteiger partial charge is 0.239 e. The third kappa shape index (κ3) is 4.54. The number of likely N-dealkylation sites (tertiary alicyclic amines) is 1. The molecule has 0 spiro atoms. The molecule has 1 aromatic carbocycles. The molecular weight excluding hydrogens is 394 g/mol. The SMILES string of the molecule is CN(C)C(=O)C(Cc1ccc(Oc2ccnc3[nH]ccc23)cc1)N1CCC(C(N)=O)C1. The van der Waals surface area contributed by atoms with Gasteiger partial charge in [-0.2, -0.15) is 0 Å². The molecule has 2 amide bonds. The van der Waals surface area contributed by atoms with Crippen LogP contribution in [0.2, 0.25) is 0 Å². The second-order valence-corrected chi connectivity index (χ2v) is 8.13. The molecule has 0 aliphatic carbocycles. The minimum atomic E-state index is -0.328. The molecule has 162 valence electrons. The third-order valence-electron chi connectivity index (χ3n) is 5.79. The molecule has 8 heteroatoms. The summed E-state index contributed by atoms with van der Waals surface area (Å²) in [5, 5.41) is 0.918. The second-order valence-electron chi connectivity index (χ2n) is 8.13. The number of nitrogens with two attached hydrogens (primary N) is 1. The molecule has 2 atom stereocenters. The molecule has 31 heavy (non-hydrogen) atoms. The number of benzene rings is 1. The molecule has 2 aromatic heterocycles. The fraction of sp³-hybridized carbons (Fsp3) is 0.348. The van der Waals surface area contributed by atoms with Gasteiger partial charge in [-0.15, -0.1) is 0 Å². The predicted octanol–water partition coefficient (Wildman–Crippen LogP) is 2.16. The van der Waals surface area contributed by atoms with Gasteiger partial charge in [-0.25, -0.2) is 4.98 Å². The van der Waals surface area contributed by atoms with Crippen molar-refractivity contribution in [3.63, 3.8) is 0 Å². The van der Waals surface area contributed by atoms with E-state index in [9.17, 15) is 9.59 Å². The molecular formula is C23H27N5O3. The van der Waals surface area contributed by atoms with Crippen LogP contribution >= 0.6 is 0 Å². The van der Waals surface area contributed by atoms with Gasteiger partial charge in [0.2, 0.25) is 11.8 Å². The van der Waals surface area contributed by atoms with Crippen molar-refractivity contribution in [3.05, 3.63) is 54.4 Å². The number of carbonyl (C=O) groups is 2. The highest BCUT2D eigenvalue weighted by atomic mass is 16.5. The van der Waals surface area contributed by atoms with Crippen LogP contribution in [0.4, 0.5) is 0 Å². The minimum Gasteiger partial charge on any atom is -0.457 e. The summed E-state index contributed by atoms with van der Waals surface area (Å²) in [5.74, 6) is 0.973. The minimum absolute atomic E-state index is 0.0251. The number of nitrogens with one attached hydrogen (secondary N) is 1. The average Bonchev–Trinajstić information content (AvgIpc) is 3.43. The van der Waals surface area contributed by atoms with Crippen molar-refractivity contribution in [3.8, 4) is 11.5 Å². The number of H-pyrrole nitrogens is 1. The lowest BCUT2D eigenvalue weighted by Crippen LogP contribution is -2.47. The number of likely N-dealkylation sites (N-methyl/N-ethyl adjacent to an activating group) is 1. The van der Waals surface area contributed by atoms with Gasteiger partial charge in [-0.3, -0.25) is 14.5 Å². The van der Waals surface area contributed by atoms with Gasteiger partial charge in [-0.05, 0) is 49.2 Å². The molecule has 3 aromatic rings. The Kier molecular flexibility index (Phi) is 5.90. The number of rotatable bonds is 7. The molecule has 0 radical (unpaired) electrons. The lowest BCUT2D eigenvalue weighted by Gasteiger charge is -2.29. The molecule has 8 nitrogen and oxygen atoms in total. The zero-order chi connectivity index (χ0) is 22.0. The Balaban J connectivity index is 1.48. The molecule has 1 aliphatic heterocycles.